The lowest BCUT2D eigenvalue weighted by molar-refractivity contribution is 0.0933. The fraction of sp³-hybridized carbons (Fsp3) is 0.478. The predicted octanol–water partition coefficient (Wildman–Crippen LogP) is 4.21. The SMILES string of the molecule is COc1ccc(CCNc2cc(C(=O)NC3CCCCCC3)ccn2)cc1OC. The van der Waals surface area contributed by atoms with Gasteiger partial charge in [0, 0.05) is 24.3 Å². The summed E-state index contributed by atoms with van der Waals surface area (Å²) >= 11 is 0. The van der Waals surface area contributed by atoms with Gasteiger partial charge in [0.15, 0.2) is 11.5 Å². The molecule has 156 valence electrons. The van der Waals surface area contributed by atoms with Crippen LogP contribution < -0.4 is 20.1 Å². The van der Waals surface area contributed by atoms with Crippen LogP contribution in [0.5, 0.6) is 11.5 Å². The van der Waals surface area contributed by atoms with Crippen molar-refractivity contribution in [1.82, 2.24) is 10.3 Å². The maximum Gasteiger partial charge on any atom is 0.251 e. The zero-order valence-corrected chi connectivity index (χ0v) is 17.4. The Kier molecular flexibility index (Phi) is 7.73. The molecule has 1 heterocycles. The fourth-order valence-electron chi connectivity index (χ4n) is 3.73. The Hall–Kier alpha value is -2.76. The van der Waals surface area contributed by atoms with E-state index in [1.54, 1.807) is 26.5 Å². The highest BCUT2D eigenvalue weighted by Gasteiger charge is 2.16. The molecule has 6 nitrogen and oxygen atoms in total. The number of amides is 1. The molecule has 2 aromatic rings. The molecule has 1 fully saturated rings. The van der Waals surface area contributed by atoms with Crippen molar-refractivity contribution in [3.05, 3.63) is 47.7 Å². The number of benzene rings is 1. The van der Waals surface area contributed by atoms with Gasteiger partial charge in [-0.15, -0.1) is 0 Å². The Balaban J connectivity index is 1.53. The molecule has 0 saturated heterocycles. The first kappa shape index (κ1) is 21.0. The van der Waals surface area contributed by atoms with E-state index in [1.165, 1.54) is 25.7 Å². The molecular weight excluding hydrogens is 366 g/mol. The summed E-state index contributed by atoms with van der Waals surface area (Å²) in [6.45, 7) is 0.705. The molecule has 1 saturated carbocycles. The molecule has 0 bridgehead atoms. The first-order valence-corrected chi connectivity index (χ1v) is 10.4. The minimum Gasteiger partial charge on any atom is -0.493 e. The smallest absolute Gasteiger partial charge is 0.251 e. The van der Waals surface area contributed by atoms with E-state index in [1.807, 2.05) is 24.3 Å². The maximum atomic E-state index is 12.6. The number of nitrogens with one attached hydrogen (secondary N) is 2. The summed E-state index contributed by atoms with van der Waals surface area (Å²) in [5, 5.41) is 6.49. The lowest BCUT2D eigenvalue weighted by Gasteiger charge is -2.16. The largest absolute Gasteiger partial charge is 0.493 e. The van der Waals surface area contributed by atoms with Crippen LogP contribution >= 0.6 is 0 Å². The van der Waals surface area contributed by atoms with E-state index in [4.69, 9.17) is 9.47 Å². The van der Waals surface area contributed by atoms with Gasteiger partial charge in [0.05, 0.1) is 14.2 Å². The van der Waals surface area contributed by atoms with Gasteiger partial charge < -0.3 is 20.1 Å². The van der Waals surface area contributed by atoms with Crippen molar-refractivity contribution < 1.29 is 14.3 Å². The molecule has 1 aromatic heterocycles. The van der Waals surface area contributed by atoms with E-state index in [9.17, 15) is 4.79 Å². The van der Waals surface area contributed by atoms with Gasteiger partial charge in [-0.25, -0.2) is 4.98 Å². The van der Waals surface area contributed by atoms with Crippen LogP contribution in [0.15, 0.2) is 36.5 Å². The summed E-state index contributed by atoms with van der Waals surface area (Å²) in [6, 6.07) is 9.79. The van der Waals surface area contributed by atoms with Crippen molar-refractivity contribution in [1.29, 1.82) is 0 Å². The number of carbonyl (C=O) groups is 1. The van der Waals surface area contributed by atoms with Crippen molar-refractivity contribution >= 4 is 11.7 Å². The summed E-state index contributed by atoms with van der Waals surface area (Å²) < 4.78 is 10.6. The third-order valence-electron chi connectivity index (χ3n) is 5.38. The summed E-state index contributed by atoms with van der Waals surface area (Å²) in [6.07, 6.45) is 9.59. The molecule has 1 amide bonds. The quantitative estimate of drug-likeness (QED) is 0.653. The van der Waals surface area contributed by atoms with Gasteiger partial charge in [-0.2, -0.15) is 0 Å². The standard InChI is InChI=1S/C23H31N3O3/c1-28-20-10-9-17(15-21(20)29-2)11-13-24-22-16-18(12-14-25-22)23(27)26-19-7-5-3-4-6-8-19/h9-10,12,14-16,19H,3-8,11,13H2,1-2H3,(H,24,25)(H,26,27). The number of hydrogen-bond donors (Lipinski definition) is 2. The molecule has 1 aromatic carbocycles. The minimum absolute atomic E-state index is 0.0118. The second-order valence-electron chi connectivity index (χ2n) is 7.46. The Morgan fingerprint density at radius 3 is 2.52 bits per heavy atom. The Labute approximate surface area is 173 Å². The van der Waals surface area contributed by atoms with Gasteiger partial charge in [-0.3, -0.25) is 4.79 Å². The molecule has 0 atom stereocenters. The fourth-order valence-corrected chi connectivity index (χ4v) is 3.73. The lowest BCUT2D eigenvalue weighted by atomic mass is 10.1. The van der Waals surface area contributed by atoms with Gasteiger partial charge in [0.1, 0.15) is 5.82 Å². The van der Waals surface area contributed by atoms with E-state index in [0.717, 1.165) is 36.3 Å². The molecule has 3 rings (SSSR count). The number of ether oxygens (including phenoxy) is 2. The number of methoxy groups -OCH3 is 2. The van der Waals surface area contributed by atoms with Crippen LogP contribution in [0, 0.1) is 0 Å². The number of hydrogen-bond acceptors (Lipinski definition) is 5. The topological polar surface area (TPSA) is 72.5 Å². The number of rotatable bonds is 8. The summed E-state index contributed by atoms with van der Waals surface area (Å²) in [5.74, 6) is 2.14. The van der Waals surface area contributed by atoms with E-state index < -0.39 is 0 Å². The summed E-state index contributed by atoms with van der Waals surface area (Å²) in [5.41, 5.74) is 1.79. The van der Waals surface area contributed by atoms with Crippen molar-refractivity contribution in [3.8, 4) is 11.5 Å². The van der Waals surface area contributed by atoms with Crippen LogP contribution in [-0.2, 0) is 6.42 Å². The van der Waals surface area contributed by atoms with Crippen molar-refractivity contribution in [2.75, 3.05) is 26.1 Å². The number of anilines is 1. The van der Waals surface area contributed by atoms with E-state index in [2.05, 4.69) is 15.6 Å². The molecule has 6 heteroatoms. The highest BCUT2D eigenvalue weighted by molar-refractivity contribution is 5.95. The van der Waals surface area contributed by atoms with Crippen LogP contribution in [0.3, 0.4) is 0 Å². The van der Waals surface area contributed by atoms with Gasteiger partial charge in [0.25, 0.3) is 5.91 Å². The number of pyridine rings is 1. The van der Waals surface area contributed by atoms with Crippen molar-refractivity contribution in [3.63, 3.8) is 0 Å². The lowest BCUT2D eigenvalue weighted by Crippen LogP contribution is -2.34. The zero-order chi connectivity index (χ0) is 20.5. The number of carbonyl (C=O) groups excluding carboxylic acids is 1. The van der Waals surface area contributed by atoms with Crippen LogP contribution in [0.4, 0.5) is 5.82 Å². The molecule has 1 aliphatic rings. The van der Waals surface area contributed by atoms with E-state index in [-0.39, 0.29) is 5.91 Å². The third-order valence-corrected chi connectivity index (χ3v) is 5.38. The molecule has 2 N–H and O–H groups in total. The second kappa shape index (κ2) is 10.7. The molecule has 0 aliphatic heterocycles. The van der Waals surface area contributed by atoms with E-state index in [0.29, 0.717) is 24.0 Å². The Bertz CT molecular complexity index is 802. The van der Waals surface area contributed by atoms with Gasteiger partial charge >= 0.3 is 0 Å². The third kappa shape index (κ3) is 6.11. The molecule has 0 spiro atoms. The van der Waals surface area contributed by atoms with Crippen molar-refractivity contribution in [2.45, 2.75) is 51.0 Å². The molecule has 1 aliphatic carbocycles. The second-order valence-corrected chi connectivity index (χ2v) is 7.46. The summed E-state index contributed by atoms with van der Waals surface area (Å²) in [7, 11) is 3.26. The van der Waals surface area contributed by atoms with Gasteiger partial charge in [0.2, 0.25) is 0 Å². The number of nitrogens with zero attached hydrogens (tertiary/aromatic N) is 1. The summed E-state index contributed by atoms with van der Waals surface area (Å²) in [4.78, 5) is 17.0. The van der Waals surface area contributed by atoms with Gasteiger partial charge in [-0.1, -0.05) is 31.7 Å². The molecular formula is C23H31N3O3. The zero-order valence-electron chi connectivity index (χ0n) is 17.4. The number of aromatic nitrogens is 1. The van der Waals surface area contributed by atoms with Crippen molar-refractivity contribution in [2.24, 2.45) is 0 Å². The Morgan fingerprint density at radius 2 is 1.79 bits per heavy atom. The van der Waals surface area contributed by atoms with Crippen LogP contribution in [-0.4, -0.2) is 37.7 Å². The average molecular weight is 398 g/mol. The maximum absolute atomic E-state index is 12.6. The monoisotopic (exact) mass is 397 g/mol. The molecule has 29 heavy (non-hydrogen) atoms. The molecule has 0 radical (unpaired) electrons. The highest BCUT2D eigenvalue weighted by Crippen LogP contribution is 2.27. The van der Waals surface area contributed by atoms with Crippen LogP contribution in [0.2, 0.25) is 0 Å². The predicted molar refractivity (Wildman–Crippen MR) is 115 cm³/mol. The molecule has 0 unspecified atom stereocenters. The van der Waals surface area contributed by atoms with E-state index >= 15 is 0 Å². The van der Waals surface area contributed by atoms with Crippen LogP contribution in [0.1, 0.15) is 54.4 Å². The average Bonchev–Trinajstić information content (AvgIpc) is 3.02. The van der Waals surface area contributed by atoms with Gasteiger partial charge in [-0.05, 0) is 49.1 Å². The Morgan fingerprint density at radius 1 is 1.03 bits per heavy atom. The van der Waals surface area contributed by atoms with Crippen LogP contribution in [0.25, 0.3) is 0 Å². The first-order chi connectivity index (χ1) is 14.2. The minimum atomic E-state index is -0.0118. The normalized spacial score (nSPS) is 14.7. The first-order valence-electron chi connectivity index (χ1n) is 10.4. The highest BCUT2D eigenvalue weighted by atomic mass is 16.5.